The second-order valence-corrected chi connectivity index (χ2v) is 5.33. The van der Waals surface area contributed by atoms with Crippen LogP contribution in [0.25, 0.3) is 11.2 Å². The number of hydrogen-bond acceptors (Lipinski definition) is 3. The highest BCUT2D eigenvalue weighted by Crippen LogP contribution is 2.30. The number of nitrogen functional groups attached to an aromatic ring is 1. The van der Waals surface area contributed by atoms with Crippen molar-refractivity contribution in [2.45, 2.75) is 27.2 Å². The fraction of sp³-hybridized carbons (Fsp3) is 0.333. The molecule has 98 valence electrons. The van der Waals surface area contributed by atoms with Gasteiger partial charge in [-0.15, -0.1) is 0 Å². The molecular weight excluding hydrogens is 236 g/mol. The number of nitrogens with zero attached hydrogens (tertiary/aromatic N) is 3. The van der Waals surface area contributed by atoms with E-state index in [9.17, 15) is 0 Å². The molecule has 0 saturated carbocycles. The molecule has 1 aliphatic rings. The minimum absolute atomic E-state index is 0.567. The predicted octanol–water partition coefficient (Wildman–Crippen LogP) is 2.99. The second kappa shape index (κ2) is 4.23. The van der Waals surface area contributed by atoms with Crippen LogP contribution in [0.2, 0.25) is 0 Å². The Balaban J connectivity index is 2.10. The molecule has 0 aliphatic heterocycles. The van der Waals surface area contributed by atoms with Crippen molar-refractivity contribution in [3.8, 4) is 0 Å². The molecule has 2 aromatic heterocycles. The van der Waals surface area contributed by atoms with E-state index in [1.165, 1.54) is 11.1 Å². The van der Waals surface area contributed by atoms with Crippen molar-refractivity contribution in [1.29, 1.82) is 0 Å². The van der Waals surface area contributed by atoms with Crippen molar-refractivity contribution in [3.63, 3.8) is 0 Å². The van der Waals surface area contributed by atoms with Crippen molar-refractivity contribution >= 4 is 17.0 Å². The first kappa shape index (κ1) is 12.0. The molecule has 3 rings (SSSR count). The van der Waals surface area contributed by atoms with Crippen LogP contribution in [0.5, 0.6) is 0 Å². The highest BCUT2D eigenvalue weighted by Gasteiger charge is 2.16. The molecule has 1 atom stereocenters. The van der Waals surface area contributed by atoms with Crippen LogP contribution in [-0.4, -0.2) is 14.6 Å². The maximum absolute atomic E-state index is 6.04. The quantitative estimate of drug-likeness (QED) is 0.851. The Morgan fingerprint density at radius 2 is 2.11 bits per heavy atom. The zero-order chi connectivity index (χ0) is 13.6. The van der Waals surface area contributed by atoms with E-state index in [-0.39, 0.29) is 0 Å². The van der Waals surface area contributed by atoms with Crippen LogP contribution in [0.4, 0.5) is 5.82 Å². The molecule has 1 aliphatic carbocycles. The molecule has 0 fully saturated rings. The van der Waals surface area contributed by atoms with Gasteiger partial charge in [-0.25, -0.2) is 4.98 Å². The number of aryl methyl sites for hydroxylation is 1. The van der Waals surface area contributed by atoms with Crippen molar-refractivity contribution in [2.75, 3.05) is 5.73 Å². The number of nitrogens with two attached hydrogens (primary N) is 1. The lowest BCUT2D eigenvalue weighted by Crippen LogP contribution is -2.04. The van der Waals surface area contributed by atoms with Crippen molar-refractivity contribution in [2.24, 2.45) is 5.92 Å². The van der Waals surface area contributed by atoms with Gasteiger partial charge in [0.15, 0.2) is 5.65 Å². The van der Waals surface area contributed by atoms with Gasteiger partial charge in [-0.1, -0.05) is 24.6 Å². The summed E-state index contributed by atoms with van der Waals surface area (Å²) in [6.07, 6.45) is 7.14. The maximum atomic E-state index is 6.04. The first-order valence-corrected chi connectivity index (χ1v) is 6.55. The average molecular weight is 254 g/mol. The lowest BCUT2D eigenvalue weighted by molar-refractivity contribution is 0.695. The van der Waals surface area contributed by atoms with E-state index in [0.29, 0.717) is 11.7 Å². The first-order valence-electron chi connectivity index (χ1n) is 6.55. The van der Waals surface area contributed by atoms with Gasteiger partial charge in [-0.3, -0.25) is 0 Å². The Morgan fingerprint density at radius 1 is 1.32 bits per heavy atom. The summed E-state index contributed by atoms with van der Waals surface area (Å²) in [4.78, 5) is 4.37. The third-order valence-electron chi connectivity index (χ3n) is 3.89. The summed E-state index contributed by atoms with van der Waals surface area (Å²) >= 11 is 0. The molecular formula is C15H18N4. The summed E-state index contributed by atoms with van der Waals surface area (Å²) < 4.78 is 1.72. The van der Waals surface area contributed by atoms with E-state index in [1.807, 2.05) is 13.0 Å². The summed E-state index contributed by atoms with van der Waals surface area (Å²) in [7, 11) is 0. The second-order valence-electron chi connectivity index (χ2n) is 5.33. The summed E-state index contributed by atoms with van der Waals surface area (Å²) in [6, 6.07) is 2.00. The van der Waals surface area contributed by atoms with Gasteiger partial charge in [0.05, 0.1) is 5.69 Å². The molecule has 0 saturated heterocycles. The van der Waals surface area contributed by atoms with E-state index in [2.05, 4.69) is 36.1 Å². The van der Waals surface area contributed by atoms with E-state index < -0.39 is 0 Å². The van der Waals surface area contributed by atoms with Crippen molar-refractivity contribution in [3.05, 3.63) is 41.2 Å². The maximum Gasteiger partial charge on any atom is 0.157 e. The van der Waals surface area contributed by atoms with Crippen LogP contribution in [0, 0.1) is 12.8 Å². The van der Waals surface area contributed by atoms with Crippen molar-refractivity contribution in [1.82, 2.24) is 14.6 Å². The van der Waals surface area contributed by atoms with Gasteiger partial charge < -0.3 is 5.73 Å². The summed E-state index contributed by atoms with van der Waals surface area (Å²) in [5, 5.41) is 4.59. The normalized spacial score (nSPS) is 19.4. The Kier molecular flexibility index (Phi) is 2.66. The lowest BCUT2D eigenvalue weighted by Gasteiger charge is -2.17. The van der Waals surface area contributed by atoms with Gasteiger partial charge in [-0.2, -0.15) is 9.61 Å². The average Bonchev–Trinajstić information content (AvgIpc) is 2.82. The Labute approximate surface area is 112 Å². The fourth-order valence-corrected chi connectivity index (χ4v) is 2.34. The number of fused-ring (bicyclic) bond motifs is 1. The van der Waals surface area contributed by atoms with E-state index in [0.717, 1.165) is 23.3 Å². The minimum Gasteiger partial charge on any atom is -0.383 e. The van der Waals surface area contributed by atoms with Gasteiger partial charge in [0.2, 0.25) is 0 Å². The summed E-state index contributed by atoms with van der Waals surface area (Å²) in [5.74, 6) is 1.23. The molecule has 0 amide bonds. The lowest BCUT2D eigenvalue weighted by atomic mass is 9.88. The van der Waals surface area contributed by atoms with E-state index in [4.69, 9.17) is 5.73 Å². The molecule has 0 radical (unpaired) electrons. The largest absolute Gasteiger partial charge is 0.383 e. The molecule has 0 bridgehead atoms. The molecule has 4 nitrogen and oxygen atoms in total. The number of aromatic nitrogens is 3. The molecule has 2 heterocycles. The number of hydrogen-bond donors (Lipinski definition) is 1. The van der Waals surface area contributed by atoms with Crippen LogP contribution in [0.15, 0.2) is 30.0 Å². The SMILES string of the molecule is CC1=CC=C(c2cc3ncc(C)c(N)n3n2)CC1C. The molecule has 2 N–H and O–H groups in total. The Hall–Kier alpha value is -2.10. The predicted molar refractivity (Wildman–Crippen MR) is 77.7 cm³/mol. The molecule has 1 unspecified atom stereocenters. The smallest absolute Gasteiger partial charge is 0.157 e. The monoisotopic (exact) mass is 254 g/mol. The van der Waals surface area contributed by atoms with Gasteiger partial charge in [0, 0.05) is 17.8 Å². The number of allylic oxidation sites excluding steroid dienone is 4. The van der Waals surface area contributed by atoms with Gasteiger partial charge in [0.25, 0.3) is 0 Å². The highest BCUT2D eigenvalue weighted by molar-refractivity contribution is 5.69. The number of anilines is 1. The third-order valence-corrected chi connectivity index (χ3v) is 3.89. The van der Waals surface area contributed by atoms with Crippen molar-refractivity contribution < 1.29 is 0 Å². The molecule has 19 heavy (non-hydrogen) atoms. The van der Waals surface area contributed by atoms with Crippen LogP contribution < -0.4 is 5.73 Å². The summed E-state index contributed by atoms with van der Waals surface area (Å²) in [5.41, 5.74) is 11.4. The van der Waals surface area contributed by atoms with E-state index >= 15 is 0 Å². The fourth-order valence-electron chi connectivity index (χ4n) is 2.34. The zero-order valence-electron chi connectivity index (χ0n) is 11.5. The first-order chi connectivity index (χ1) is 9.06. The van der Waals surface area contributed by atoms with Crippen LogP contribution in [0.1, 0.15) is 31.5 Å². The van der Waals surface area contributed by atoms with Crippen LogP contribution >= 0.6 is 0 Å². The molecule has 2 aromatic rings. The van der Waals surface area contributed by atoms with Gasteiger partial charge in [-0.05, 0) is 31.8 Å². The van der Waals surface area contributed by atoms with E-state index in [1.54, 1.807) is 10.7 Å². The highest BCUT2D eigenvalue weighted by atomic mass is 15.3. The van der Waals surface area contributed by atoms with Gasteiger partial charge >= 0.3 is 0 Å². The Morgan fingerprint density at radius 3 is 2.84 bits per heavy atom. The topological polar surface area (TPSA) is 56.2 Å². The van der Waals surface area contributed by atoms with Crippen LogP contribution in [-0.2, 0) is 0 Å². The summed E-state index contributed by atoms with van der Waals surface area (Å²) in [6.45, 7) is 6.35. The standard InChI is InChI=1S/C15H18N4/c1-9-4-5-12(6-10(9)2)13-7-14-17-8-11(3)15(16)19(14)18-13/h4-5,7-8,10H,6,16H2,1-3H3. The minimum atomic E-state index is 0.567. The van der Waals surface area contributed by atoms with Crippen LogP contribution in [0.3, 0.4) is 0 Å². The number of rotatable bonds is 1. The molecule has 4 heteroatoms. The molecule has 0 spiro atoms. The third kappa shape index (κ3) is 1.93. The molecule has 0 aromatic carbocycles. The zero-order valence-corrected chi connectivity index (χ0v) is 11.5. The van der Waals surface area contributed by atoms with Gasteiger partial charge in [0.1, 0.15) is 5.82 Å². The Bertz CT molecular complexity index is 706.